The predicted octanol–water partition coefficient (Wildman–Crippen LogP) is 2.43. The van der Waals surface area contributed by atoms with Crippen LogP contribution in [-0.2, 0) is 9.53 Å². The quantitative estimate of drug-likeness (QED) is 0.877. The number of nitrogens with one attached hydrogen (secondary N) is 2. The number of amides is 1. The third-order valence-electron chi connectivity index (χ3n) is 3.24. The van der Waals surface area contributed by atoms with Crippen molar-refractivity contribution in [1.82, 2.24) is 4.90 Å². The molecule has 0 radical (unpaired) electrons. The molecule has 1 aromatic rings. The Morgan fingerprint density at radius 1 is 1.36 bits per heavy atom. The van der Waals surface area contributed by atoms with Gasteiger partial charge in [-0.1, -0.05) is 5.57 Å². The average Bonchev–Trinajstić information content (AvgIpc) is 2.49. The first kappa shape index (κ1) is 16.5. The lowest BCUT2D eigenvalue weighted by Gasteiger charge is -2.25. The maximum atomic E-state index is 13.8. The fourth-order valence-corrected chi connectivity index (χ4v) is 2.09. The third kappa shape index (κ3) is 5.13. The maximum absolute atomic E-state index is 13.8. The molecule has 0 saturated carbocycles. The van der Waals surface area contributed by atoms with E-state index in [4.69, 9.17) is 4.74 Å². The molecule has 1 aromatic carbocycles. The number of ether oxygens (including phenoxy) is 1. The van der Waals surface area contributed by atoms with Crippen LogP contribution in [-0.4, -0.2) is 43.7 Å². The fraction of sp³-hybridized carbons (Fsp3) is 0.438. The lowest BCUT2D eigenvalue weighted by Crippen LogP contribution is -2.41. The van der Waals surface area contributed by atoms with Gasteiger partial charge in [0.05, 0.1) is 25.4 Å². The Balaban J connectivity index is 1.96. The van der Waals surface area contributed by atoms with Crippen LogP contribution in [0.4, 0.5) is 15.8 Å². The number of halogens is 1. The van der Waals surface area contributed by atoms with Crippen LogP contribution in [0.15, 0.2) is 30.0 Å². The van der Waals surface area contributed by atoms with Crippen molar-refractivity contribution in [3.63, 3.8) is 0 Å². The van der Waals surface area contributed by atoms with Crippen LogP contribution in [0.2, 0.25) is 0 Å². The van der Waals surface area contributed by atoms with Crippen LogP contribution >= 0.6 is 0 Å². The van der Waals surface area contributed by atoms with Gasteiger partial charge in [0.2, 0.25) is 5.91 Å². The van der Waals surface area contributed by atoms with Crippen molar-refractivity contribution in [2.45, 2.75) is 13.8 Å². The molecule has 0 aliphatic carbocycles. The van der Waals surface area contributed by atoms with Gasteiger partial charge in [0, 0.05) is 18.8 Å². The van der Waals surface area contributed by atoms with Gasteiger partial charge in [0.25, 0.3) is 0 Å². The standard InChI is InChI=1S/C16H22FN3O2/c1-12(2)10-18-13-3-4-14(17)15(9-13)19-16(21)11-20-5-7-22-8-6-20/h3-4,9-10,18H,5-8,11H2,1-2H3,(H,19,21). The van der Waals surface area contributed by atoms with Gasteiger partial charge in [0.15, 0.2) is 0 Å². The van der Waals surface area contributed by atoms with Gasteiger partial charge in [0.1, 0.15) is 5.82 Å². The lowest BCUT2D eigenvalue weighted by molar-refractivity contribution is -0.118. The number of rotatable bonds is 5. The van der Waals surface area contributed by atoms with Crippen LogP contribution in [0.5, 0.6) is 0 Å². The molecule has 5 nitrogen and oxygen atoms in total. The highest BCUT2D eigenvalue weighted by atomic mass is 19.1. The zero-order valence-corrected chi connectivity index (χ0v) is 13.0. The summed E-state index contributed by atoms with van der Waals surface area (Å²) in [6.07, 6.45) is 1.83. The Kier molecular flexibility index (Phi) is 5.91. The van der Waals surface area contributed by atoms with E-state index in [1.165, 1.54) is 6.07 Å². The number of benzene rings is 1. The molecule has 1 aliphatic heterocycles. The minimum Gasteiger partial charge on any atom is -0.379 e. The molecule has 0 unspecified atom stereocenters. The van der Waals surface area contributed by atoms with E-state index in [9.17, 15) is 9.18 Å². The largest absolute Gasteiger partial charge is 0.379 e. The Bertz CT molecular complexity index is 550. The van der Waals surface area contributed by atoms with Gasteiger partial charge < -0.3 is 15.4 Å². The second-order valence-corrected chi connectivity index (χ2v) is 5.50. The van der Waals surface area contributed by atoms with Gasteiger partial charge in [-0.25, -0.2) is 4.39 Å². The number of nitrogens with zero attached hydrogens (tertiary/aromatic N) is 1. The first-order valence-corrected chi connectivity index (χ1v) is 7.34. The molecule has 6 heteroatoms. The van der Waals surface area contributed by atoms with Crippen LogP contribution in [0.3, 0.4) is 0 Å². The number of hydrogen-bond acceptors (Lipinski definition) is 4. The van der Waals surface area contributed by atoms with E-state index in [-0.39, 0.29) is 18.1 Å². The summed E-state index contributed by atoms with van der Waals surface area (Å²) in [6.45, 7) is 6.86. The van der Waals surface area contributed by atoms with Crippen molar-refractivity contribution >= 4 is 17.3 Å². The van der Waals surface area contributed by atoms with Crippen molar-refractivity contribution < 1.29 is 13.9 Å². The number of anilines is 2. The van der Waals surface area contributed by atoms with Gasteiger partial charge >= 0.3 is 0 Å². The molecular formula is C16H22FN3O2. The molecule has 1 aliphatic rings. The van der Waals surface area contributed by atoms with E-state index in [0.717, 1.165) is 24.4 Å². The number of hydrogen-bond donors (Lipinski definition) is 2. The van der Waals surface area contributed by atoms with Gasteiger partial charge in [-0.3, -0.25) is 9.69 Å². The summed E-state index contributed by atoms with van der Waals surface area (Å²) in [5.41, 5.74) is 2.01. The maximum Gasteiger partial charge on any atom is 0.238 e. The van der Waals surface area contributed by atoms with Crippen LogP contribution < -0.4 is 10.6 Å². The van der Waals surface area contributed by atoms with E-state index in [1.54, 1.807) is 12.1 Å². The number of allylic oxidation sites excluding steroid dienone is 1. The first-order chi connectivity index (χ1) is 10.5. The van der Waals surface area contributed by atoms with Crippen LogP contribution in [0.25, 0.3) is 0 Å². The molecule has 120 valence electrons. The summed E-state index contributed by atoms with van der Waals surface area (Å²) >= 11 is 0. The van der Waals surface area contributed by atoms with E-state index >= 15 is 0 Å². The molecule has 1 saturated heterocycles. The van der Waals surface area contributed by atoms with Crippen molar-refractivity contribution in [1.29, 1.82) is 0 Å². The van der Waals surface area contributed by atoms with E-state index in [2.05, 4.69) is 10.6 Å². The Labute approximate surface area is 130 Å². The predicted molar refractivity (Wildman–Crippen MR) is 85.3 cm³/mol. The molecular weight excluding hydrogens is 285 g/mol. The zero-order valence-electron chi connectivity index (χ0n) is 13.0. The molecule has 22 heavy (non-hydrogen) atoms. The van der Waals surface area contributed by atoms with Gasteiger partial charge in [-0.15, -0.1) is 0 Å². The summed E-state index contributed by atoms with van der Waals surface area (Å²) in [4.78, 5) is 14.0. The SMILES string of the molecule is CC(C)=CNc1ccc(F)c(NC(=O)CN2CCOCC2)c1. The van der Waals surface area contributed by atoms with Gasteiger partial charge in [-0.05, 0) is 38.2 Å². The molecule has 1 fully saturated rings. The second kappa shape index (κ2) is 7.91. The Hall–Kier alpha value is -1.92. The number of carbonyl (C=O) groups excluding carboxylic acids is 1. The highest BCUT2D eigenvalue weighted by Gasteiger charge is 2.15. The molecule has 1 amide bonds. The fourth-order valence-electron chi connectivity index (χ4n) is 2.09. The Morgan fingerprint density at radius 3 is 2.77 bits per heavy atom. The smallest absolute Gasteiger partial charge is 0.238 e. The highest BCUT2D eigenvalue weighted by Crippen LogP contribution is 2.20. The van der Waals surface area contributed by atoms with E-state index < -0.39 is 5.82 Å². The highest BCUT2D eigenvalue weighted by molar-refractivity contribution is 5.92. The minimum absolute atomic E-state index is 0.186. The lowest BCUT2D eigenvalue weighted by atomic mass is 10.2. The topological polar surface area (TPSA) is 53.6 Å². The van der Waals surface area contributed by atoms with Gasteiger partial charge in [-0.2, -0.15) is 0 Å². The van der Waals surface area contributed by atoms with E-state index in [0.29, 0.717) is 13.2 Å². The van der Waals surface area contributed by atoms with Crippen molar-refractivity contribution in [2.24, 2.45) is 0 Å². The van der Waals surface area contributed by atoms with Crippen LogP contribution in [0.1, 0.15) is 13.8 Å². The van der Waals surface area contributed by atoms with Crippen molar-refractivity contribution in [3.05, 3.63) is 35.8 Å². The molecule has 0 aromatic heterocycles. The molecule has 2 rings (SSSR count). The second-order valence-electron chi connectivity index (χ2n) is 5.50. The summed E-state index contributed by atoms with van der Waals surface area (Å²) in [5, 5.41) is 5.69. The zero-order chi connectivity index (χ0) is 15.9. The first-order valence-electron chi connectivity index (χ1n) is 7.34. The summed E-state index contributed by atoms with van der Waals surface area (Å²) in [7, 11) is 0. The average molecular weight is 307 g/mol. The third-order valence-corrected chi connectivity index (χ3v) is 3.24. The minimum atomic E-state index is -0.446. The molecule has 0 spiro atoms. The molecule has 2 N–H and O–H groups in total. The summed E-state index contributed by atoms with van der Waals surface area (Å²) < 4.78 is 19.0. The molecule has 0 bridgehead atoms. The van der Waals surface area contributed by atoms with E-state index in [1.807, 2.05) is 24.9 Å². The molecule has 1 heterocycles. The normalized spacial score (nSPS) is 15.2. The monoisotopic (exact) mass is 307 g/mol. The summed E-state index contributed by atoms with van der Waals surface area (Å²) in [5.74, 6) is -0.668. The van der Waals surface area contributed by atoms with Crippen molar-refractivity contribution in [2.75, 3.05) is 43.5 Å². The van der Waals surface area contributed by atoms with Crippen LogP contribution in [0, 0.1) is 5.82 Å². The molecule has 0 atom stereocenters. The summed E-state index contributed by atoms with van der Waals surface area (Å²) in [6, 6.07) is 4.56. The number of morpholine rings is 1. The van der Waals surface area contributed by atoms with Crippen molar-refractivity contribution in [3.8, 4) is 0 Å². The number of carbonyl (C=O) groups is 1. The Morgan fingerprint density at radius 2 is 2.09 bits per heavy atom.